The van der Waals surface area contributed by atoms with Crippen LogP contribution in [-0.2, 0) is 17.8 Å². The summed E-state index contributed by atoms with van der Waals surface area (Å²) in [5, 5.41) is 4.02. The van der Waals surface area contributed by atoms with Gasteiger partial charge in [0.15, 0.2) is 0 Å². The summed E-state index contributed by atoms with van der Waals surface area (Å²) in [5.41, 5.74) is 1.99. The van der Waals surface area contributed by atoms with E-state index in [4.69, 9.17) is 9.26 Å². The number of methoxy groups -OCH3 is 1. The van der Waals surface area contributed by atoms with E-state index in [1.54, 1.807) is 12.0 Å². The molecule has 2 aromatic carbocycles. The first kappa shape index (κ1) is 18.6. The van der Waals surface area contributed by atoms with Crippen LogP contribution in [0.5, 0.6) is 5.75 Å². The highest BCUT2D eigenvalue weighted by atomic mass is 16.5. The highest BCUT2D eigenvalue weighted by molar-refractivity contribution is 5.76. The van der Waals surface area contributed by atoms with E-state index >= 15 is 0 Å². The zero-order valence-corrected chi connectivity index (χ0v) is 15.6. The number of amides is 1. The van der Waals surface area contributed by atoms with Crippen LogP contribution >= 0.6 is 0 Å². The molecule has 0 aliphatic carbocycles. The van der Waals surface area contributed by atoms with Crippen LogP contribution in [0.1, 0.15) is 24.8 Å². The van der Waals surface area contributed by atoms with Crippen molar-refractivity contribution >= 4 is 5.91 Å². The normalized spacial score (nSPS) is 10.6. The van der Waals surface area contributed by atoms with Crippen LogP contribution in [0.15, 0.2) is 59.1 Å². The molecule has 140 valence electrons. The van der Waals surface area contributed by atoms with E-state index in [1.807, 2.05) is 61.5 Å². The summed E-state index contributed by atoms with van der Waals surface area (Å²) in [4.78, 5) is 18.7. The van der Waals surface area contributed by atoms with Gasteiger partial charge in [0.05, 0.1) is 13.7 Å². The van der Waals surface area contributed by atoms with Crippen molar-refractivity contribution in [2.75, 3.05) is 13.7 Å². The van der Waals surface area contributed by atoms with Crippen LogP contribution < -0.4 is 4.74 Å². The predicted octanol–water partition coefficient (Wildman–Crippen LogP) is 3.73. The fraction of sp³-hybridized carbons (Fsp3) is 0.286. The number of nitrogens with zero attached hydrogens (tertiary/aromatic N) is 3. The molecule has 0 aliphatic rings. The number of rotatable bonds is 8. The molecule has 3 rings (SSSR count). The molecular weight excluding hydrogens is 342 g/mol. The molecular formula is C21H23N3O3. The van der Waals surface area contributed by atoms with Gasteiger partial charge in [-0.2, -0.15) is 4.98 Å². The van der Waals surface area contributed by atoms with Crippen LogP contribution in [0.2, 0.25) is 0 Å². The van der Waals surface area contributed by atoms with Crippen molar-refractivity contribution in [2.45, 2.75) is 26.3 Å². The summed E-state index contributed by atoms with van der Waals surface area (Å²) in [5.74, 6) is 1.77. The molecule has 0 fully saturated rings. The number of carbonyl (C=O) groups excluding carboxylic acids is 1. The largest absolute Gasteiger partial charge is 0.497 e. The molecule has 0 aliphatic heterocycles. The molecule has 0 N–H and O–H groups in total. The molecule has 0 unspecified atom stereocenters. The number of aromatic nitrogens is 2. The smallest absolute Gasteiger partial charge is 0.246 e. The van der Waals surface area contributed by atoms with Gasteiger partial charge in [0.25, 0.3) is 0 Å². The van der Waals surface area contributed by atoms with Crippen molar-refractivity contribution in [3.05, 3.63) is 66.1 Å². The summed E-state index contributed by atoms with van der Waals surface area (Å²) in [7, 11) is 1.62. The fourth-order valence-electron chi connectivity index (χ4n) is 2.77. The van der Waals surface area contributed by atoms with Crippen LogP contribution in [0.4, 0.5) is 0 Å². The second kappa shape index (κ2) is 8.98. The molecule has 0 atom stereocenters. The molecule has 0 bridgehead atoms. The second-order valence-electron chi connectivity index (χ2n) is 6.13. The topological polar surface area (TPSA) is 68.5 Å². The quantitative estimate of drug-likeness (QED) is 0.608. The first-order chi connectivity index (χ1) is 13.2. The first-order valence-electron chi connectivity index (χ1n) is 8.98. The first-order valence-corrected chi connectivity index (χ1v) is 8.98. The SMILES string of the molecule is CCN(Cc1nc(-c2ccc(OC)cc2)no1)C(=O)CCc1ccccc1. The van der Waals surface area contributed by atoms with Crippen LogP contribution in [-0.4, -0.2) is 34.6 Å². The summed E-state index contributed by atoms with van der Waals surface area (Å²) >= 11 is 0. The Balaban J connectivity index is 1.60. The average Bonchev–Trinajstić information content (AvgIpc) is 3.19. The monoisotopic (exact) mass is 365 g/mol. The second-order valence-corrected chi connectivity index (χ2v) is 6.13. The Hall–Kier alpha value is -3.15. The van der Waals surface area contributed by atoms with E-state index in [1.165, 1.54) is 0 Å². The lowest BCUT2D eigenvalue weighted by Gasteiger charge is -2.18. The molecule has 1 heterocycles. The minimum atomic E-state index is 0.0746. The lowest BCUT2D eigenvalue weighted by Crippen LogP contribution is -2.30. The molecule has 1 aromatic heterocycles. The summed E-state index contributed by atoms with van der Waals surface area (Å²) in [6.45, 7) is 2.85. The van der Waals surface area contributed by atoms with E-state index < -0.39 is 0 Å². The summed E-state index contributed by atoms with van der Waals surface area (Å²) in [6, 6.07) is 17.4. The van der Waals surface area contributed by atoms with Crippen molar-refractivity contribution in [3.8, 4) is 17.1 Å². The standard InChI is InChI=1S/C21H23N3O3/c1-3-24(20(25)14-9-16-7-5-4-6-8-16)15-19-22-21(23-27-19)17-10-12-18(26-2)13-11-17/h4-8,10-13H,3,9,14-15H2,1-2H3. The molecule has 0 spiro atoms. The number of benzene rings is 2. The molecule has 3 aromatic rings. The average molecular weight is 365 g/mol. The van der Waals surface area contributed by atoms with E-state index in [9.17, 15) is 4.79 Å². The maximum absolute atomic E-state index is 12.5. The highest BCUT2D eigenvalue weighted by Gasteiger charge is 2.16. The van der Waals surface area contributed by atoms with E-state index in [-0.39, 0.29) is 5.91 Å². The highest BCUT2D eigenvalue weighted by Crippen LogP contribution is 2.20. The Morgan fingerprint density at radius 2 is 1.85 bits per heavy atom. The van der Waals surface area contributed by atoms with Gasteiger partial charge in [0.2, 0.25) is 17.6 Å². The van der Waals surface area contributed by atoms with Gasteiger partial charge in [-0.1, -0.05) is 35.5 Å². The molecule has 27 heavy (non-hydrogen) atoms. The summed E-state index contributed by atoms with van der Waals surface area (Å²) < 4.78 is 10.5. The Bertz CT molecular complexity index is 860. The van der Waals surface area contributed by atoms with Gasteiger partial charge in [-0.15, -0.1) is 0 Å². The van der Waals surface area contributed by atoms with E-state index in [0.717, 1.165) is 23.3 Å². The zero-order valence-electron chi connectivity index (χ0n) is 15.6. The third kappa shape index (κ3) is 4.94. The minimum absolute atomic E-state index is 0.0746. The Labute approximate surface area is 158 Å². The van der Waals surface area contributed by atoms with Crippen molar-refractivity contribution in [1.82, 2.24) is 15.0 Å². The molecule has 0 radical (unpaired) electrons. The molecule has 6 heteroatoms. The van der Waals surface area contributed by atoms with Gasteiger partial charge >= 0.3 is 0 Å². The number of hydrogen-bond acceptors (Lipinski definition) is 5. The van der Waals surface area contributed by atoms with Crippen molar-refractivity contribution in [2.24, 2.45) is 0 Å². The number of aryl methyl sites for hydroxylation is 1. The van der Waals surface area contributed by atoms with Crippen molar-refractivity contribution in [1.29, 1.82) is 0 Å². The third-order valence-electron chi connectivity index (χ3n) is 4.35. The van der Waals surface area contributed by atoms with Crippen LogP contribution in [0.25, 0.3) is 11.4 Å². The van der Waals surface area contributed by atoms with E-state index in [0.29, 0.717) is 31.2 Å². The van der Waals surface area contributed by atoms with Crippen LogP contribution in [0, 0.1) is 0 Å². The molecule has 6 nitrogen and oxygen atoms in total. The Morgan fingerprint density at radius 1 is 1.11 bits per heavy atom. The van der Waals surface area contributed by atoms with Crippen LogP contribution in [0.3, 0.4) is 0 Å². The van der Waals surface area contributed by atoms with Crippen molar-refractivity contribution in [3.63, 3.8) is 0 Å². The van der Waals surface area contributed by atoms with Gasteiger partial charge in [0.1, 0.15) is 5.75 Å². The van der Waals surface area contributed by atoms with E-state index in [2.05, 4.69) is 10.1 Å². The number of hydrogen-bond donors (Lipinski definition) is 0. The Kier molecular flexibility index (Phi) is 6.20. The fourth-order valence-corrected chi connectivity index (χ4v) is 2.77. The molecule has 1 amide bonds. The molecule has 0 saturated heterocycles. The lowest BCUT2D eigenvalue weighted by atomic mass is 10.1. The number of carbonyl (C=O) groups is 1. The third-order valence-corrected chi connectivity index (χ3v) is 4.35. The van der Waals surface area contributed by atoms with Gasteiger partial charge in [0, 0.05) is 18.5 Å². The minimum Gasteiger partial charge on any atom is -0.497 e. The van der Waals surface area contributed by atoms with Gasteiger partial charge in [-0.3, -0.25) is 4.79 Å². The maximum Gasteiger partial charge on any atom is 0.246 e. The molecule has 0 saturated carbocycles. The number of ether oxygens (including phenoxy) is 1. The van der Waals surface area contributed by atoms with Gasteiger partial charge in [-0.05, 0) is 43.2 Å². The summed E-state index contributed by atoms with van der Waals surface area (Å²) in [6.07, 6.45) is 1.18. The van der Waals surface area contributed by atoms with Crippen molar-refractivity contribution < 1.29 is 14.1 Å². The van der Waals surface area contributed by atoms with Gasteiger partial charge in [-0.25, -0.2) is 0 Å². The Morgan fingerprint density at radius 3 is 2.52 bits per heavy atom. The predicted molar refractivity (Wildman–Crippen MR) is 102 cm³/mol. The zero-order chi connectivity index (χ0) is 19.1. The van der Waals surface area contributed by atoms with Gasteiger partial charge < -0.3 is 14.2 Å². The maximum atomic E-state index is 12.5. The lowest BCUT2D eigenvalue weighted by molar-refractivity contribution is -0.131.